The van der Waals surface area contributed by atoms with Gasteiger partial charge in [0.2, 0.25) is 0 Å². The first-order valence-corrected chi connectivity index (χ1v) is 8.38. The molecule has 26 heavy (non-hydrogen) atoms. The third-order valence-electron chi connectivity index (χ3n) is 4.33. The maximum atomic E-state index is 12.2. The number of aliphatic carboxylic acids is 1. The molecule has 0 aliphatic carbocycles. The lowest BCUT2D eigenvalue weighted by Gasteiger charge is -2.11. The van der Waals surface area contributed by atoms with Gasteiger partial charge in [-0.05, 0) is 49.9 Å². The van der Waals surface area contributed by atoms with E-state index in [1.54, 1.807) is 13.0 Å². The van der Waals surface area contributed by atoms with Crippen LogP contribution in [0.4, 0.5) is 0 Å². The number of aryl methyl sites for hydroxylation is 2. The van der Waals surface area contributed by atoms with Gasteiger partial charge in [-0.1, -0.05) is 29.8 Å². The average Bonchev–Trinajstić information content (AvgIpc) is 2.59. The standard InChI is InChI=1S/C21H20O5/c1-13-4-3-5-15(10-13)12-25-16-6-7-17-14(2)18(8-9-20(22)23)21(24)26-19(17)11-16/h3-7,10-11H,8-9,12H2,1-2H3,(H,22,23)/p-1. The van der Waals surface area contributed by atoms with E-state index in [9.17, 15) is 14.7 Å². The largest absolute Gasteiger partial charge is 0.550 e. The predicted molar refractivity (Wildman–Crippen MR) is 96.1 cm³/mol. The Hall–Kier alpha value is -3.08. The second kappa shape index (κ2) is 7.44. The van der Waals surface area contributed by atoms with Crippen LogP contribution in [-0.2, 0) is 17.8 Å². The smallest absolute Gasteiger partial charge is 0.339 e. The Kier molecular flexibility index (Phi) is 5.07. The molecule has 5 heteroatoms. The van der Waals surface area contributed by atoms with Gasteiger partial charge in [-0.15, -0.1) is 0 Å². The molecule has 134 valence electrons. The number of carboxylic acids is 1. The van der Waals surface area contributed by atoms with Gasteiger partial charge in [-0.2, -0.15) is 0 Å². The summed E-state index contributed by atoms with van der Waals surface area (Å²) in [7, 11) is 0. The van der Waals surface area contributed by atoms with Crippen LogP contribution in [0, 0.1) is 13.8 Å². The molecule has 1 heterocycles. The zero-order valence-electron chi connectivity index (χ0n) is 14.7. The van der Waals surface area contributed by atoms with Crippen LogP contribution in [0.3, 0.4) is 0 Å². The van der Waals surface area contributed by atoms with Crippen LogP contribution in [0.1, 0.15) is 28.7 Å². The molecular formula is C21H19O5-. The highest BCUT2D eigenvalue weighted by Crippen LogP contribution is 2.25. The number of carbonyl (C=O) groups is 1. The fourth-order valence-corrected chi connectivity index (χ4v) is 2.95. The zero-order chi connectivity index (χ0) is 18.7. The third-order valence-corrected chi connectivity index (χ3v) is 4.33. The van der Waals surface area contributed by atoms with E-state index in [0.717, 1.165) is 22.1 Å². The van der Waals surface area contributed by atoms with Gasteiger partial charge in [-0.3, -0.25) is 0 Å². The van der Waals surface area contributed by atoms with Crippen LogP contribution >= 0.6 is 0 Å². The van der Waals surface area contributed by atoms with Crippen LogP contribution in [0.25, 0.3) is 11.0 Å². The number of hydrogen-bond acceptors (Lipinski definition) is 5. The molecular weight excluding hydrogens is 332 g/mol. The highest BCUT2D eigenvalue weighted by atomic mass is 16.5. The molecule has 2 aromatic carbocycles. The Morgan fingerprint density at radius 2 is 1.96 bits per heavy atom. The zero-order valence-corrected chi connectivity index (χ0v) is 14.7. The number of hydrogen-bond donors (Lipinski definition) is 0. The molecule has 1 aromatic heterocycles. The van der Waals surface area contributed by atoms with E-state index in [-0.39, 0.29) is 12.8 Å². The number of rotatable bonds is 6. The molecule has 3 aromatic rings. The molecule has 0 aliphatic rings. The third kappa shape index (κ3) is 3.94. The highest BCUT2D eigenvalue weighted by molar-refractivity contribution is 5.82. The lowest BCUT2D eigenvalue weighted by atomic mass is 10.0. The van der Waals surface area contributed by atoms with Crippen molar-refractivity contribution in [3.8, 4) is 5.75 Å². The van der Waals surface area contributed by atoms with E-state index in [4.69, 9.17) is 9.15 Å². The fourth-order valence-electron chi connectivity index (χ4n) is 2.95. The van der Waals surface area contributed by atoms with Crippen molar-refractivity contribution >= 4 is 16.9 Å². The fraction of sp³-hybridized carbons (Fsp3) is 0.238. The van der Waals surface area contributed by atoms with Crippen molar-refractivity contribution in [3.63, 3.8) is 0 Å². The monoisotopic (exact) mass is 351 g/mol. The summed E-state index contributed by atoms with van der Waals surface area (Å²) < 4.78 is 11.2. The Balaban J connectivity index is 1.85. The topological polar surface area (TPSA) is 79.6 Å². The first-order chi connectivity index (χ1) is 12.4. The lowest BCUT2D eigenvalue weighted by Crippen LogP contribution is -2.24. The van der Waals surface area contributed by atoms with Crippen molar-refractivity contribution < 1.29 is 19.1 Å². The van der Waals surface area contributed by atoms with Crippen LogP contribution in [0.15, 0.2) is 51.7 Å². The van der Waals surface area contributed by atoms with Gasteiger partial charge < -0.3 is 19.1 Å². The van der Waals surface area contributed by atoms with Gasteiger partial charge in [0.05, 0.1) is 0 Å². The summed E-state index contributed by atoms with van der Waals surface area (Å²) in [5.74, 6) is -0.590. The summed E-state index contributed by atoms with van der Waals surface area (Å²) in [4.78, 5) is 22.8. The lowest BCUT2D eigenvalue weighted by molar-refractivity contribution is -0.305. The molecule has 0 spiro atoms. The molecule has 0 saturated carbocycles. The van der Waals surface area contributed by atoms with Crippen LogP contribution in [0.5, 0.6) is 5.75 Å². The Labute approximate surface area is 150 Å². The normalized spacial score (nSPS) is 10.8. The van der Waals surface area contributed by atoms with E-state index in [1.165, 1.54) is 0 Å². The van der Waals surface area contributed by atoms with E-state index >= 15 is 0 Å². The van der Waals surface area contributed by atoms with Gasteiger partial charge in [0.15, 0.2) is 0 Å². The van der Waals surface area contributed by atoms with Crippen molar-refractivity contribution in [2.24, 2.45) is 0 Å². The quantitative estimate of drug-likeness (QED) is 0.638. The number of carboxylic acid groups (broad SMARTS) is 1. The van der Waals surface area contributed by atoms with Crippen LogP contribution < -0.4 is 15.5 Å². The van der Waals surface area contributed by atoms with Gasteiger partial charge >= 0.3 is 5.63 Å². The van der Waals surface area contributed by atoms with Gasteiger partial charge in [0.25, 0.3) is 0 Å². The summed E-state index contributed by atoms with van der Waals surface area (Å²) in [5.41, 5.74) is 3.21. The SMILES string of the molecule is Cc1cccc(COc2ccc3c(C)c(CCC(=O)[O-])c(=O)oc3c2)c1. The summed E-state index contributed by atoms with van der Waals surface area (Å²) in [5, 5.41) is 11.4. The first kappa shape index (κ1) is 17.7. The van der Waals surface area contributed by atoms with Gasteiger partial charge in [-0.25, -0.2) is 4.79 Å². The molecule has 5 nitrogen and oxygen atoms in total. The van der Waals surface area contributed by atoms with Crippen LogP contribution in [0.2, 0.25) is 0 Å². The number of fused-ring (bicyclic) bond motifs is 1. The van der Waals surface area contributed by atoms with Gasteiger partial charge in [0, 0.05) is 23.0 Å². The highest BCUT2D eigenvalue weighted by Gasteiger charge is 2.12. The summed E-state index contributed by atoms with van der Waals surface area (Å²) >= 11 is 0. The predicted octanol–water partition coefficient (Wildman–Crippen LogP) is 2.67. The molecule has 0 saturated heterocycles. The summed E-state index contributed by atoms with van der Waals surface area (Å²) in [6.45, 7) is 4.23. The molecule has 0 radical (unpaired) electrons. The summed E-state index contributed by atoms with van der Waals surface area (Å²) in [6, 6.07) is 13.4. The van der Waals surface area contributed by atoms with Gasteiger partial charge in [0.1, 0.15) is 17.9 Å². The Morgan fingerprint density at radius 1 is 1.15 bits per heavy atom. The number of ether oxygens (including phenoxy) is 1. The Morgan fingerprint density at radius 3 is 2.69 bits per heavy atom. The minimum Gasteiger partial charge on any atom is -0.550 e. The maximum Gasteiger partial charge on any atom is 0.339 e. The summed E-state index contributed by atoms with van der Waals surface area (Å²) in [6.07, 6.45) is -0.118. The molecule has 0 unspecified atom stereocenters. The minimum absolute atomic E-state index is 0.0953. The minimum atomic E-state index is -1.19. The first-order valence-electron chi connectivity index (χ1n) is 8.38. The second-order valence-electron chi connectivity index (χ2n) is 6.30. The Bertz CT molecular complexity index is 1020. The van der Waals surface area contributed by atoms with Crippen LogP contribution in [-0.4, -0.2) is 5.97 Å². The van der Waals surface area contributed by atoms with Crippen molar-refractivity contribution in [3.05, 3.63) is 75.1 Å². The molecule has 0 bridgehead atoms. The van der Waals surface area contributed by atoms with Crippen molar-refractivity contribution in [2.45, 2.75) is 33.3 Å². The number of benzene rings is 2. The number of carbonyl (C=O) groups excluding carboxylic acids is 1. The van der Waals surface area contributed by atoms with Crippen molar-refractivity contribution in [1.82, 2.24) is 0 Å². The van der Waals surface area contributed by atoms with Crippen molar-refractivity contribution in [1.29, 1.82) is 0 Å². The van der Waals surface area contributed by atoms with E-state index in [1.807, 2.05) is 37.3 Å². The molecule has 0 amide bonds. The molecule has 0 aliphatic heterocycles. The molecule has 0 fully saturated rings. The molecule has 0 atom stereocenters. The molecule has 3 rings (SSSR count). The maximum absolute atomic E-state index is 12.2. The van der Waals surface area contributed by atoms with E-state index < -0.39 is 11.6 Å². The van der Waals surface area contributed by atoms with E-state index in [0.29, 0.717) is 23.5 Å². The second-order valence-corrected chi connectivity index (χ2v) is 6.30. The average molecular weight is 351 g/mol. The van der Waals surface area contributed by atoms with E-state index in [2.05, 4.69) is 6.07 Å². The van der Waals surface area contributed by atoms with Crippen molar-refractivity contribution in [2.75, 3.05) is 0 Å². The molecule has 0 N–H and O–H groups in total.